The van der Waals surface area contributed by atoms with Crippen LogP contribution in [-0.4, -0.2) is 25.8 Å². The minimum absolute atomic E-state index is 0.0841. The lowest BCUT2D eigenvalue weighted by Crippen LogP contribution is -2.26. The Bertz CT molecular complexity index is 1620. The Labute approximate surface area is 214 Å². The third kappa shape index (κ3) is 4.72. The van der Waals surface area contributed by atoms with Crippen molar-refractivity contribution in [1.29, 1.82) is 0 Å². The molecule has 2 aromatic carbocycles. The fraction of sp³-hybridized carbons (Fsp3) is 0.120. The minimum Gasteiger partial charge on any atom is -0.467 e. The van der Waals surface area contributed by atoms with Crippen molar-refractivity contribution < 1.29 is 9.21 Å². The molecule has 0 aliphatic heterocycles. The molecule has 0 aliphatic rings. The molecule has 0 bridgehead atoms. The molecule has 176 valence electrons. The number of carbonyl (C=O) groups excluding carboxylic acids is 1. The number of aryl methyl sites for hydroxylation is 1. The van der Waals surface area contributed by atoms with E-state index >= 15 is 0 Å². The number of hydrogen-bond donors (Lipinski definition) is 1. The maximum Gasteiger partial charge on any atom is 0.278 e. The van der Waals surface area contributed by atoms with Gasteiger partial charge in [-0.1, -0.05) is 59.5 Å². The summed E-state index contributed by atoms with van der Waals surface area (Å²) in [4.78, 5) is 31.1. The fourth-order valence-corrected chi connectivity index (χ4v) is 5.77. The number of carbonyl (C=O) groups is 1. The van der Waals surface area contributed by atoms with E-state index in [9.17, 15) is 9.59 Å². The summed E-state index contributed by atoms with van der Waals surface area (Å²) in [6.07, 6.45) is 1.56. The third-order valence-electron chi connectivity index (χ3n) is 5.32. The van der Waals surface area contributed by atoms with Crippen LogP contribution in [0.3, 0.4) is 0 Å². The molecule has 35 heavy (non-hydrogen) atoms. The van der Waals surface area contributed by atoms with Gasteiger partial charge in [0.05, 0.1) is 29.9 Å². The van der Waals surface area contributed by atoms with E-state index in [0.29, 0.717) is 37.5 Å². The zero-order valence-electron chi connectivity index (χ0n) is 18.6. The number of thiazole rings is 1. The van der Waals surface area contributed by atoms with Gasteiger partial charge in [0.25, 0.3) is 5.56 Å². The largest absolute Gasteiger partial charge is 0.467 e. The molecule has 0 aliphatic carbocycles. The van der Waals surface area contributed by atoms with Gasteiger partial charge in [0.2, 0.25) is 5.91 Å². The fourth-order valence-electron chi connectivity index (χ4n) is 3.64. The summed E-state index contributed by atoms with van der Waals surface area (Å²) in [6, 6.07) is 20.7. The van der Waals surface area contributed by atoms with Crippen molar-refractivity contribution in [2.75, 3.05) is 5.75 Å². The average molecular weight is 521 g/mol. The average Bonchev–Trinajstić information content (AvgIpc) is 3.50. The van der Waals surface area contributed by atoms with Gasteiger partial charge < -0.3 is 9.73 Å². The van der Waals surface area contributed by atoms with E-state index in [0.717, 1.165) is 11.3 Å². The summed E-state index contributed by atoms with van der Waals surface area (Å²) in [5.74, 6) is 0.557. The Hall–Kier alpha value is -3.47. The van der Waals surface area contributed by atoms with Crippen molar-refractivity contribution in [3.8, 4) is 11.4 Å². The van der Waals surface area contributed by atoms with E-state index in [4.69, 9.17) is 21.6 Å². The lowest BCUT2D eigenvalue weighted by atomic mass is 10.2. The quantitative estimate of drug-likeness (QED) is 0.179. The lowest BCUT2D eigenvalue weighted by molar-refractivity contribution is -0.118. The second kappa shape index (κ2) is 10.0. The van der Waals surface area contributed by atoms with E-state index < -0.39 is 0 Å². The zero-order valence-corrected chi connectivity index (χ0v) is 21.1. The first-order chi connectivity index (χ1) is 17.0. The Morgan fingerprint density at radius 3 is 2.60 bits per heavy atom. The second-order valence-corrected chi connectivity index (χ2v) is 10.2. The highest BCUT2D eigenvalue weighted by Crippen LogP contribution is 2.28. The molecule has 0 spiro atoms. The van der Waals surface area contributed by atoms with Gasteiger partial charge in [-0.05, 0) is 55.0 Å². The van der Waals surface area contributed by atoms with Gasteiger partial charge in [-0.2, -0.15) is 0 Å². The number of amides is 1. The van der Waals surface area contributed by atoms with Crippen molar-refractivity contribution in [2.24, 2.45) is 0 Å². The van der Waals surface area contributed by atoms with Crippen molar-refractivity contribution in [3.05, 3.63) is 98.6 Å². The Kier molecular flexibility index (Phi) is 6.67. The highest BCUT2D eigenvalue weighted by Gasteiger charge is 2.20. The number of rotatable bonds is 7. The number of nitrogens with zero attached hydrogens (tertiary/aromatic N) is 3. The Morgan fingerprint density at radius 1 is 1.09 bits per heavy atom. The molecule has 5 rings (SSSR count). The van der Waals surface area contributed by atoms with Gasteiger partial charge in [0, 0.05) is 0 Å². The minimum atomic E-state index is -0.219. The molecular formula is C25H20N4O3S3. The monoisotopic (exact) mass is 520 g/mol. The van der Waals surface area contributed by atoms with Gasteiger partial charge in [-0.3, -0.25) is 18.7 Å². The molecule has 10 heteroatoms. The molecule has 0 saturated heterocycles. The van der Waals surface area contributed by atoms with Crippen LogP contribution in [0, 0.1) is 10.9 Å². The van der Waals surface area contributed by atoms with Crippen molar-refractivity contribution in [3.63, 3.8) is 0 Å². The highest BCUT2D eigenvalue weighted by atomic mass is 32.2. The van der Waals surface area contributed by atoms with Crippen LogP contribution in [-0.2, 0) is 11.3 Å². The number of aromatic nitrogens is 3. The SMILES string of the molecule is Cc1ccccc1-n1c(=S)sc2c(=O)n(-c3ccccc3)c(SCC(=O)NCc3ccco3)nc21. The molecule has 5 aromatic rings. The van der Waals surface area contributed by atoms with Crippen molar-refractivity contribution in [2.45, 2.75) is 18.6 Å². The Morgan fingerprint density at radius 2 is 1.86 bits per heavy atom. The number of hydrogen-bond acceptors (Lipinski definition) is 7. The second-order valence-electron chi connectivity index (χ2n) is 7.66. The molecule has 3 aromatic heterocycles. The molecule has 0 atom stereocenters. The normalized spacial score (nSPS) is 11.1. The summed E-state index contributed by atoms with van der Waals surface area (Å²) >= 11 is 8.09. The summed E-state index contributed by atoms with van der Waals surface area (Å²) in [6.45, 7) is 2.28. The predicted octanol–water partition coefficient (Wildman–Crippen LogP) is 5.28. The first-order valence-corrected chi connectivity index (χ1v) is 13.0. The van der Waals surface area contributed by atoms with Gasteiger partial charge in [0.15, 0.2) is 14.8 Å². The molecule has 3 heterocycles. The molecule has 0 saturated carbocycles. The molecular weight excluding hydrogens is 501 g/mol. The van der Waals surface area contributed by atoms with Crippen LogP contribution >= 0.6 is 35.3 Å². The highest BCUT2D eigenvalue weighted by molar-refractivity contribution is 7.99. The maximum absolute atomic E-state index is 13.7. The molecule has 0 radical (unpaired) electrons. The van der Waals surface area contributed by atoms with Crippen molar-refractivity contribution in [1.82, 2.24) is 19.4 Å². The van der Waals surface area contributed by atoms with Crippen LogP contribution in [0.4, 0.5) is 0 Å². The van der Waals surface area contributed by atoms with Crippen LogP contribution in [0.5, 0.6) is 0 Å². The van der Waals surface area contributed by atoms with Crippen LogP contribution in [0.15, 0.2) is 87.4 Å². The van der Waals surface area contributed by atoms with Gasteiger partial charge in [-0.15, -0.1) is 0 Å². The summed E-state index contributed by atoms with van der Waals surface area (Å²) in [5.41, 5.74) is 2.84. The standard InChI is InChI=1S/C25H20N4O3S3/c1-16-8-5-6-12-19(16)29-22-21(35-25(29)33)23(31)28(17-9-3-2-4-10-17)24(27-22)34-15-20(30)26-14-18-11-7-13-32-18/h2-13H,14-15H2,1H3,(H,26,30). The van der Waals surface area contributed by atoms with E-state index in [2.05, 4.69) is 5.32 Å². The summed E-state index contributed by atoms with van der Waals surface area (Å²) < 4.78 is 9.65. The van der Waals surface area contributed by atoms with E-state index in [1.165, 1.54) is 23.1 Å². The number of benzene rings is 2. The maximum atomic E-state index is 13.7. The van der Waals surface area contributed by atoms with Crippen LogP contribution < -0.4 is 10.9 Å². The van der Waals surface area contributed by atoms with Crippen molar-refractivity contribution >= 4 is 51.6 Å². The number of thioether (sulfide) groups is 1. The van der Waals surface area contributed by atoms with E-state index in [1.807, 2.05) is 66.1 Å². The van der Waals surface area contributed by atoms with Crippen LogP contribution in [0.1, 0.15) is 11.3 Å². The third-order valence-corrected chi connectivity index (χ3v) is 7.61. The topological polar surface area (TPSA) is 82.1 Å². The number of fused-ring (bicyclic) bond motifs is 1. The Balaban J connectivity index is 1.58. The number of para-hydroxylation sites is 2. The van der Waals surface area contributed by atoms with Gasteiger partial charge in [-0.25, -0.2) is 4.98 Å². The van der Waals surface area contributed by atoms with Crippen LogP contribution in [0.2, 0.25) is 0 Å². The van der Waals surface area contributed by atoms with E-state index in [1.54, 1.807) is 23.0 Å². The predicted molar refractivity (Wildman–Crippen MR) is 141 cm³/mol. The molecule has 0 unspecified atom stereocenters. The van der Waals surface area contributed by atoms with Gasteiger partial charge in [0.1, 0.15) is 10.5 Å². The molecule has 0 fully saturated rings. The molecule has 1 N–H and O–H groups in total. The zero-order chi connectivity index (χ0) is 24.4. The summed E-state index contributed by atoms with van der Waals surface area (Å²) in [5, 5.41) is 3.24. The molecule has 1 amide bonds. The van der Waals surface area contributed by atoms with Crippen LogP contribution in [0.25, 0.3) is 21.7 Å². The smallest absolute Gasteiger partial charge is 0.278 e. The number of nitrogens with one attached hydrogen (secondary N) is 1. The van der Waals surface area contributed by atoms with Gasteiger partial charge >= 0.3 is 0 Å². The summed E-state index contributed by atoms with van der Waals surface area (Å²) in [7, 11) is 0. The van der Waals surface area contributed by atoms with E-state index in [-0.39, 0.29) is 17.2 Å². The first-order valence-electron chi connectivity index (χ1n) is 10.7. The number of furan rings is 1. The first kappa shape index (κ1) is 23.3. The molecule has 7 nitrogen and oxygen atoms in total. The lowest BCUT2D eigenvalue weighted by Gasteiger charge is -2.13.